The van der Waals surface area contributed by atoms with Crippen LogP contribution in [-0.2, 0) is 16.3 Å². The quantitative estimate of drug-likeness (QED) is 0.638. The van der Waals surface area contributed by atoms with E-state index in [0.29, 0.717) is 12.0 Å². The van der Waals surface area contributed by atoms with Gasteiger partial charge in [-0.05, 0) is 19.4 Å². The number of nitro benzene ring substituents is 1. The van der Waals surface area contributed by atoms with Crippen LogP contribution in [0.2, 0.25) is 0 Å². The fourth-order valence-electron chi connectivity index (χ4n) is 1.46. The first-order valence-corrected chi connectivity index (χ1v) is 6.84. The lowest BCUT2D eigenvalue weighted by molar-refractivity contribution is -0.385. The molecule has 0 radical (unpaired) electrons. The number of hydrogen-bond acceptors (Lipinski definition) is 5. The molecule has 0 aliphatic rings. The van der Waals surface area contributed by atoms with Crippen LogP contribution in [0.4, 0.5) is 5.69 Å². The van der Waals surface area contributed by atoms with Crippen LogP contribution in [0.25, 0.3) is 0 Å². The molecule has 0 spiro atoms. The lowest BCUT2D eigenvalue weighted by Gasteiger charge is -2.07. The first-order valence-electron chi connectivity index (χ1n) is 4.94. The fraction of sp³-hybridized carbons (Fsp3) is 0.400. The van der Waals surface area contributed by atoms with Crippen molar-refractivity contribution >= 4 is 15.5 Å². The minimum absolute atomic E-state index is 0.0578. The third kappa shape index (κ3) is 3.50. The van der Waals surface area contributed by atoms with Crippen molar-refractivity contribution in [1.29, 1.82) is 0 Å². The highest BCUT2D eigenvalue weighted by atomic mass is 32.2. The number of benzene rings is 1. The molecule has 0 amide bonds. The molecule has 17 heavy (non-hydrogen) atoms. The van der Waals surface area contributed by atoms with Crippen molar-refractivity contribution in [2.75, 3.05) is 6.26 Å². The summed E-state index contributed by atoms with van der Waals surface area (Å²) in [5.41, 5.74) is 5.82. The van der Waals surface area contributed by atoms with Crippen LogP contribution in [0, 0.1) is 10.1 Å². The zero-order valence-electron chi connectivity index (χ0n) is 9.58. The van der Waals surface area contributed by atoms with Crippen LogP contribution < -0.4 is 5.73 Å². The largest absolute Gasteiger partial charge is 0.328 e. The third-order valence-electron chi connectivity index (χ3n) is 2.22. The average Bonchev–Trinajstić information content (AvgIpc) is 2.15. The van der Waals surface area contributed by atoms with Gasteiger partial charge in [-0.1, -0.05) is 6.07 Å². The normalized spacial score (nSPS) is 13.4. The summed E-state index contributed by atoms with van der Waals surface area (Å²) in [4.78, 5) is 10.2. The van der Waals surface area contributed by atoms with Gasteiger partial charge in [0, 0.05) is 23.9 Å². The van der Waals surface area contributed by atoms with Gasteiger partial charge in [0.2, 0.25) is 0 Å². The van der Waals surface area contributed by atoms with Gasteiger partial charge in [-0.25, -0.2) is 8.42 Å². The van der Waals surface area contributed by atoms with Crippen molar-refractivity contribution in [3.05, 3.63) is 33.9 Å². The summed E-state index contributed by atoms with van der Waals surface area (Å²) in [7, 11) is -3.44. The number of nitro groups is 1. The van der Waals surface area contributed by atoms with Gasteiger partial charge in [0.05, 0.1) is 9.82 Å². The Morgan fingerprint density at radius 2 is 2.06 bits per heavy atom. The van der Waals surface area contributed by atoms with Crippen LogP contribution in [0.15, 0.2) is 23.1 Å². The molecular formula is C10H14N2O4S. The third-order valence-corrected chi connectivity index (χ3v) is 3.33. The second-order valence-electron chi connectivity index (χ2n) is 4.00. The first-order chi connectivity index (χ1) is 7.71. The molecule has 0 saturated heterocycles. The highest BCUT2D eigenvalue weighted by Crippen LogP contribution is 2.23. The number of nitrogens with two attached hydrogens (primary N) is 1. The summed E-state index contributed by atoms with van der Waals surface area (Å²) in [5, 5.41) is 10.9. The molecule has 0 heterocycles. The fourth-order valence-corrected chi connectivity index (χ4v) is 2.10. The smallest absolute Gasteiger partial charge is 0.273 e. The molecule has 1 unspecified atom stereocenters. The van der Waals surface area contributed by atoms with E-state index >= 15 is 0 Å². The Balaban J connectivity index is 3.32. The molecule has 0 bridgehead atoms. The van der Waals surface area contributed by atoms with Gasteiger partial charge in [0.25, 0.3) is 5.69 Å². The zero-order valence-corrected chi connectivity index (χ0v) is 10.4. The minimum Gasteiger partial charge on any atom is -0.328 e. The van der Waals surface area contributed by atoms with Crippen LogP contribution in [-0.4, -0.2) is 25.6 Å². The second-order valence-corrected chi connectivity index (χ2v) is 6.02. The summed E-state index contributed by atoms with van der Waals surface area (Å²) < 4.78 is 22.6. The summed E-state index contributed by atoms with van der Waals surface area (Å²) in [5.74, 6) is 0. The molecule has 0 aliphatic carbocycles. The van der Waals surface area contributed by atoms with Crippen molar-refractivity contribution in [3.8, 4) is 0 Å². The van der Waals surface area contributed by atoms with Crippen LogP contribution >= 0.6 is 0 Å². The Hall–Kier alpha value is -1.47. The Labute approximate surface area is 99.5 Å². The van der Waals surface area contributed by atoms with E-state index in [4.69, 9.17) is 5.73 Å². The van der Waals surface area contributed by atoms with Crippen molar-refractivity contribution in [1.82, 2.24) is 0 Å². The highest BCUT2D eigenvalue weighted by molar-refractivity contribution is 7.90. The summed E-state index contributed by atoms with van der Waals surface area (Å²) in [6.07, 6.45) is 1.34. The molecule has 0 fully saturated rings. The van der Waals surface area contributed by atoms with Gasteiger partial charge >= 0.3 is 0 Å². The Bertz CT molecular complexity index is 537. The Kier molecular flexibility index (Phi) is 3.84. The summed E-state index contributed by atoms with van der Waals surface area (Å²) in [6.45, 7) is 1.73. The molecule has 94 valence electrons. The number of hydrogen-bond donors (Lipinski definition) is 1. The average molecular weight is 258 g/mol. The molecule has 1 atom stereocenters. The molecule has 1 aromatic carbocycles. The zero-order chi connectivity index (χ0) is 13.2. The van der Waals surface area contributed by atoms with Crippen LogP contribution in [0.1, 0.15) is 12.5 Å². The van der Waals surface area contributed by atoms with Crippen LogP contribution in [0.3, 0.4) is 0 Å². The predicted octanol–water partition coefficient (Wildman–Crippen LogP) is 0.888. The Morgan fingerprint density at radius 3 is 2.47 bits per heavy atom. The SMILES string of the molecule is CC(N)Cc1ccc(S(C)(=O)=O)cc1[N+](=O)[O-]. The molecule has 7 heteroatoms. The minimum atomic E-state index is -3.44. The molecule has 6 nitrogen and oxygen atoms in total. The van der Waals surface area contributed by atoms with Crippen molar-refractivity contribution in [3.63, 3.8) is 0 Å². The van der Waals surface area contributed by atoms with Gasteiger partial charge < -0.3 is 5.73 Å². The standard InChI is InChI=1S/C10H14N2O4S/c1-7(11)5-8-3-4-9(17(2,15)16)6-10(8)12(13)14/h3-4,6-7H,5,11H2,1-2H3. The van der Waals surface area contributed by atoms with Crippen molar-refractivity contribution in [2.45, 2.75) is 24.3 Å². The van der Waals surface area contributed by atoms with Gasteiger partial charge in [0.15, 0.2) is 9.84 Å². The van der Waals surface area contributed by atoms with Gasteiger partial charge in [-0.3, -0.25) is 10.1 Å². The van der Waals surface area contributed by atoms with Crippen LogP contribution in [0.5, 0.6) is 0 Å². The predicted molar refractivity (Wildman–Crippen MR) is 63.6 cm³/mol. The monoisotopic (exact) mass is 258 g/mol. The van der Waals surface area contributed by atoms with E-state index in [9.17, 15) is 18.5 Å². The molecule has 1 aromatic rings. The molecule has 0 aromatic heterocycles. The lowest BCUT2D eigenvalue weighted by Crippen LogP contribution is -2.18. The van der Waals surface area contributed by atoms with E-state index in [1.807, 2.05) is 0 Å². The maximum atomic E-state index is 11.3. The first kappa shape index (κ1) is 13.6. The maximum Gasteiger partial charge on any atom is 0.273 e. The number of sulfone groups is 1. The van der Waals surface area contributed by atoms with Crippen molar-refractivity contribution < 1.29 is 13.3 Å². The Morgan fingerprint density at radius 1 is 1.47 bits per heavy atom. The van der Waals surface area contributed by atoms with Gasteiger partial charge in [0.1, 0.15) is 0 Å². The second kappa shape index (κ2) is 4.80. The van der Waals surface area contributed by atoms with E-state index in [0.717, 1.165) is 12.3 Å². The molecular weight excluding hydrogens is 244 g/mol. The number of nitrogens with zero attached hydrogens (tertiary/aromatic N) is 1. The van der Waals surface area contributed by atoms with Gasteiger partial charge in [-0.15, -0.1) is 0 Å². The number of rotatable bonds is 4. The summed E-state index contributed by atoms with van der Waals surface area (Å²) in [6, 6.07) is 3.66. The van der Waals surface area contributed by atoms with E-state index in [-0.39, 0.29) is 16.6 Å². The van der Waals surface area contributed by atoms with E-state index in [2.05, 4.69) is 0 Å². The molecule has 0 saturated carbocycles. The highest BCUT2D eigenvalue weighted by Gasteiger charge is 2.18. The van der Waals surface area contributed by atoms with E-state index < -0.39 is 14.8 Å². The molecule has 1 rings (SSSR count). The lowest BCUT2D eigenvalue weighted by atomic mass is 10.1. The van der Waals surface area contributed by atoms with E-state index in [1.54, 1.807) is 6.92 Å². The summed E-state index contributed by atoms with van der Waals surface area (Å²) >= 11 is 0. The van der Waals surface area contributed by atoms with Crippen molar-refractivity contribution in [2.24, 2.45) is 5.73 Å². The maximum absolute atomic E-state index is 11.3. The topological polar surface area (TPSA) is 103 Å². The molecule has 2 N–H and O–H groups in total. The molecule has 0 aliphatic heterocycles. The van der Waals surface area contributed by atoms with E-state index in [1.165, 1.54) is 12.1 Å². The van der Waals surface area contributed by atoms with Gasteiger partial charge in [-0.2, -0.15) is 0 Å².